The summed E-state index contributed by atoms with van der Waals surface area (Å²) in [7, 11) is 0. The number of nitrogens with zero attached hydrogens (tertiary/aromatic N) is 6. The zero-order valence-corrected chi connectivity index (χ0v) is 32.1. The van der Waals surface area contributed by atoms with Gasteiger partial charge >= 0.3 is 0 Å². The maximum Gasteiger partial charge on any atom is 0.258 e. The van der Waals surface area contributed by atoms with Gasteiger partial charge in [0.1, 0.15) is 17.6 Å². The molecule has 12 heteroatoms. The fourth-order valence-corrected chi connectivity index (χ4v) is 9.29. The molecule has 1 unspecified atom stereocenters. The molecule has 9 rings (SSSR count). The van der Waals surface area contributed by atoms with Gasteiger partial charge in [0.25, 0.3) is 11.4 Å². The number of imide groups is 1. The van der Waals surface area contributed by atoms with E-state index in [4.69, 9.17) is 11.1 Å². The van der Waals surface area contributed by atoms with Crippen LogP contribution in [0.4, 0.5) is 21.5 Å². The predicted octanol–water partition coefficient (Wildman–Crippen LogP) is 6.81. The van der Waals surface area contributed by atoms with Crippen molar-refractivity contribution in [1.29, 1.82) is 0 Å². The van der Waals surface area contributed by atoms with Crippen molar-refractivity contribution in [2.24, 2.45) is 5.92 Å². The number of anilines is 3. The van der Waals surface area contributed by atoms with Gasteiger partial charge in [-0.15, -0.1) is 0 Å². The Balaban J connectivity index is 0.871. The van der Waals surface area contributed by atoms with Crippen molar-refractivity contribution in [2.45, 2.75) is 83.5 Å². The van der Waals surface area contributed by atoms with E-state index < -0.39 is 17.8 Å². The van der Waals surface area contributed by atoms with Crippen LogP contribution in [-0.2, 0) is 21.7 Å². The van der Waals surface area contributed by atoms with Crippen molar-refractivity contribution in [2.75, 3.05) is 42.5 Å². The fourth-order valence-electron chi connectivity index (χ4n) is 9.29. The molecule has 0 radical (unpaired) electrons. The largest absolute Gasteiger partial charge is 0.366 e. The molecule has 3 amide bonds. The van der Waals surface area contributed by atoms with Crippen LogP contribution in [0.25, 0.3) is 16.0 Å². The second-order valence-corrected chi connectivity index (χ2v) is 16.4. The van der Waals surface area contributed by atoms with E-state index in [0.717, 1.165) is 84.8 Å². The Bertz CT molecular complexity index is 2260. The molecule has 4 aromatic rings. The van der Waals surface area contributed by atoms with Crippen LogP contribution >= 0.6 is 0 Å². The van der Waals surface area contributed by atoms with Crippen LogP contribution in [0.3, 0.4) is 0 Å². The Hall–Kier alpha value is -5.54. The summed E-state index contributed by atoms with van der Waals surface area (Å²) in [6.07, 6.45) is 4.38. The summed E-state index contributed by atoms with van der Waals surface area (Å²) in [6, 6.07) is 17.9. The molecule has 3 saturated heterocycles. The molecule has 1 aliphatic carbocycles. The summed E-state index contributed by atoms with van der Waals surface area (Å²) in [5.74, 6) is -0.340. The number of fused-ring (bicyclic) bond motifs is 1. The SMILES string of the molecule is [C-]#[N+]C1(c2ccc(N(CC3CCN(C4CN(c5cc6c(cc5F)C(=O)N(C5CCC(=O)NC5=O)C6)C4)CC3)c3cc(-c4c(C)noc4C)ccc3C)cc2)CC1. The first-order valence-corrected chi connectivity index (χ1v) is 19.8. The number of likely N-dealkylation sites (tertiary alicyclic amines) is 1. The lowest BCUT2D eigenvalue weighted by molar-refractivity contribution is -0.136. The molecule has 56 heavy (non-hydrogen) atoms. The first-order chi connectivity index (χ1) is 27.0. The fraction of sp³-hybridized carbons (Fsp3) is 0.432. The number of hydrogen-bond acceptors (Lipinski definition) is 8. The highest BCUT2D eigenvalue weighted by Gasteiger charge is 2.52. The molecule has 3 aromatic carbocycles. The van der Waals surface area contributed by atoms with Crippen LogP contribution in [0.2, 0.25) is 0 Å². The average Bonchev–Trinajstić information content (AvgIpc) is 3.83. The molecule has 1 saturated carbocycles. The molecule has 1 atom stereocenters. The van der Waals surface area contributed by atoms with E-state index in [1.54, 1.807) is 6.07 Å². The molecular weight excluding hydrogens is 710 g/mol. The van der Waals surface area contributed by atoms with Gasteiger partial charge in [-0.05, 0) is 118 Å². The second kappa shape index (κ2) is 13.9. The molecule has 4 fully saturated rings. The summed E-state index contributed by atoms with van der Waals surface area (Å²) >= 11 is 0. The highest BCUT2D eigenvalue weighted by molar-refractivity contribution is 6.05. The van der Waals surface area contributed by atoms with E-state index in [2.05, 4.69) is 74.5 Å². The van der Waals surface area contributed by atoms with E-state index in [9.17, 15) is 14.4 Å². The molecule has 288 valence electrons. The number of halogens is 1. The number of aryl methyl sites for hydroxylation is 3. The molecule has 1 aromatic heterocycles. The van der Waals surface area contributed by atoms with Gasteiger partial charge < -0.3 is 24.1 Å². The number of amides is 3. The van der Waals surface area contributed by atoms with Crippen LogP contribution in [0, 0.1) is 39.1 Å². The molecule has 0 spiro atoms. The molecule has 11 nitrogen and oxygen atoms in total. The minimum absolute atomic E-state index is 0.179. The van der Waals surface area contributed by atoms with E-state index >= 15 is 4.39 Å². The van der Waals surface area contributed by atoms with E-state index in [1.165, 1.54) is 16.5 Å². The van der Waals surface area contributed by atoms with Gasteiger partial charge in [0, 0.05) is 79.5 Å². The van der Waals surface area contributed by atoms with Gasteiger partial charge in [-0.3, -0.25) is 24.6 Å². The molecule has 0 bridgehead atoms. The number of rotatable bonds is 9. The highest BCUT2D eigenvalue weighted by Crippen LogP contribution is 2.50. The first-order valence-electron chi connectivity index (χ1n) is 19.8. The summed E-state index contributed by atoms with van der Waals surface area (Å²) in [5.41, 5.74) is 8.67. The van der Waals surface area contributed by atoms with Crippen molar-refractivity contribution in [3.05, 3.63) is 106 Å². The zero-order valence-electron chi connectivity index (χ0n) is 32.1. The smallest absolute Gasteiger partial charge is 0.258 e. The Kier molecular flexibility index (Phi) is 8.96. The van der Waals surface area contributed by atoms with Gasteiger partial charge in [0.2, 0.25) is 11.8 Å². The van der Waals surface area contributed by atoms with E-state index in [1.807, 2.05) is 18.7 Å². The van der Waals surface area contributed by atoms with Crippen molar-refractivity contribution in [3.63, 3.8) is 0 Å². The number of carbonyl (C=O) groups excluding carboxylic acids is 3. The number of nitrogens with one attached hydrogen (secondary N) is 1. The molecule has 5 aliphatic rings. The van der Waals surface area contributed by atoms with Crippen LogP contribution in [0.5, 0.6) is 0 Å². The Morgan fingerprint density at radius 2 is 1.75 bits per heavy atom. The number of benzene rings is 3. The van der Waals surface area contributed by atoms with Gasteiger partial charge in [0.15, 0.2) is 0 Å². The zero-order chi connectivity index (χ0) is 38.9. The lowest BCUT2D eigenvalue weighted by Crippen LogP contribution is -2.61. The topological polar surface area (TPSA) is 107 Å². The first kappa shape index (κ1) is 36.1. The van der Waals surface area contributed by atoms with Gasteiger partial charge in [0.05, 0.1) is 11.4 Å². The minimum atomic E-state index is -0.726. The Morgan fingerprint density at radius 1 is 1.00 bits per heavy atom. The van der Waals surface area contributed by atoms with Gasteiger partial charge in [-0.1, -0.05) is 17.3 Å². The molecule has 5 heterocycles. The third-order valence-corrected chi connectivity index (χ3v) is 12.9. The lowest BCUT2D eigenvalue weighted by Gasteiger charge is -2.49. The number of carbonyl (C=O) groups is 3. The standard InChI is InChI=1S/C44H46FN7O4/c1-26-5-6-30(41-27(2)48-56-28(41)3)19-38(26)51(33-9-7-32(8-10-33)44(46-4)15-16-44)22-29-13-17-49(18-14-29)34-24-50(25-34)39-20-31-23-52(43(55)35(31)21-36(39)45)37-11-12-40(53)47-42(37)54/h5-10,19-21,29,34,37H,11-18,22-25H2,1-3H3,(H,47,53,54). The predicted molar refractivity (Wildman–Crippen MR) is 210 cm³/mol. The number of piperidine rings is 2. The molecule has 1 N–H and O–H groups in total. The summed E-state index contributed by atoms with van der Waals surface area (Å²) in [4.78, 5) is 49.8. The number of hydrogen-bond donors (Lipinski definition) is 1. The van der Waals surface area contributed by atoms with Crippen LogP contribution in [-0.4, -0.2) is 77.5 Å². The summed E-state index contributed by atoms with van der Waals surface area (Å²) in [5, 5.41) is 6.54. The van der Waals surface area contributed by atoms with Gasteiger partial charge in [-0.25, -0.2) is 11.0 Å². The van der Waals surface area contributed by atoms with Crippen molar-refractivity contribution < 1.29 is 23.3 Å². The summed E-state index contributed by atoms with van der Waals surface area (Å²) in [6.45, 7) is 18.3. The maximum atomic E-state index is 15.5. The van der Waals surface area contributed by atoms with Gasteiger partial charge in [-0.2, -0.15) is 0 Å². The van der Waals surface area contributed by atoms with Crippen LogP contribution in [0.15, 0.2) is 59.1 Å². The van der Waals surface area contributed by atoms with Crippen molar-refractivity contribution >= 4 is 34.8 Å². The third-order valence-electron chi connectivity index (χ3n) is 12.9. The third kappa shape index (κ3) is 6.32. The highest BCUT2D eigenvalue weighted by atomic mass is 19.1. The average molecular weight is 756 g/mol. The Morgan fingerprint density at radius 3 is 2.41 bits per heavy atom. The second-order valence-electron chi connectivity index (χ2n) is 16.4. The molecular formula is C44H46FN7O4. The van der Waals surface area contributed by atoms with E-state index in [0.29, 0.717) is 41.9 Å². The normalized spacial score (nSPS) is 21.1. The van der Waals surface area contributed by atoms with Crippen molar-refractivity contribution in [3.8, 4) is 11.1 Å². The van der Waals surface area contributed by atoms with Crippen LogP contribution in [0.1, 0.15) is 77.0 Å². The lowest BCUT2D eigenvalue weighted by atomic mass is 9.92. The van der Waals surface area contributed by atoms with Crippen LogP contribution < -0.4 is 15.1 Å². The number of aromatic nitrogens is 1. The molecule has 4 aliphatic heterocycles. The summed E-state index contributed by atoms with van der Waals surface area (Å²) < 4.78 is 21.0. The van der Waals surface area contributed by atoms with Crippen molar-refractivity contribution in [1.82, 2.24) is 20.3 Å². The minimum Gasteiger partial charge on any atom is -0.366 e. The van der Waals surface area contributed by atoms with E-state index in [-0.39, 0.29) is 36.7 Å². The monoisotopic (exact) mass is 755 g/mol. The quantitative estimate of drug-likeness (QED) is 0.147. The Labute approximate surface area is 326 Å². The maximum absolute atomic E-state index is 15.5.